The first kappa shape index (κ1) is 28.4. The van der Waals surface area contributed by atoms with E-state index in [-0.39, 0.29) is 0 Å². The molecule has 0 aliphatic heterocycles. The minimum Gasteiger partial charge on any atom is -0.311 e. The van der Waals surface area contributed by atoms with Crippen LogP contribution in [0.3, 0.4) is 0 Å². The summed E-state index contributed by atoms with van der Waals surface area (Å²) < 4.78 is 4.61. The van der Waals surface area contributed by atoms with Crippen molar-refractivity contribution in [1.82, 2.24) is 29.1 Å². The molecule has 9 aromatic rings. The Hall–Kier alpha value is -6.66. The Bertz CT molecular complexity index is 2680. The van der Waals surface area contributed by atoms with Crippen molar-refractivity contribution >= 4 is 38.9 Å². The minimum atomic E-state index is 0.578. The SMILES string of the molecule is C1=Cc2c(n(-c3ccccc3)c3c(-c4ccc5c6ccccc6n(-c6nc(-c7ccccc7)nc(-c7ccccc7)n6)c5c4)ccnc23)CC1. The summed E-state index contributed by atoms with van der Waals surface area (Å²) in [6.07, 6.45) is 8.43. The first-order valence-corrected chi connectivity index (χ1v) is 17.0. The molecule has 0 spiro atoms. The van der Waals surface area contributed by atoms with E-state index in [0.29, 0.717) is 17.6 Å². The molecule has 0 atom stereocenters. The Morgan fingerprint density at radius 2 is 1.20 bits per heavy atom. The van der Waals surface area contributed by atoms with Crippen molar-refractivity contribution in [3.63, 3.8) is 0 Å². The van der Waals surface area contributed by atoms with Crippen molar-refractivity contribution < 1.29 is 0 Å². The molecule has 0 amide bonds. The lowest BCUT2D eigenvalue weighted by Crippen LogP contribution is -2.06. The van der Waals surface area contributed by atoms with Gasteiger partial charge in [-0.25, -0.2) is 4.98 Å². The van der Waals surface area contributed by atoms with Gasteiger partial charge in [0.2, 0.25) is 5.95 Å². The summed E-state index contributed by atoms with van der Waals surface area (Å²) in [5.74, 6) is 1.84. The van der Waals surface area contributed by atoms with Crippen LogP contribution in [0.4, 0.5) is 0 Å². The van der Waals surface area contributed by atoms with E-state index < -0.39 is 0 Å². The van der Waals surface area contributed by atoms with Crippen LogP contribution in [0, 0.1) is 0 Å². The second-order valence-electron chi connectivity index (χ2n) is 12.6. The van der Waals surface area contributed by atoms with Crippen LogP contribution in [0.2, 0.25) is 0 Å². The Morgan fingerprint density at radius 1 is 0.540 bits per heavy atom. The second-order valence-corrected chi connectivity index (χ2v) is 12.6. The van der Waals surface area contributed by atoms with Crippen LogP contribution in [-0.2, 0) is 6.42 Å². The molecule has 0 saturated heterocycles. The molecule has 5 aromatic carbocycles. The highest BCUT2D eigenvalue weighted by atomic mass is 15.2. The molecule has 4 aromatic heterocycles. The predicted molar refractivity (Wildman–Crippen MR) is 202 cm³/mol. The third-order valence-electron chi connectivity index (χ3n) is 9.70. The van der Waals surface area contributed by atoms with Gasteiger partial charge in [-0.05, 0) is 48.7 Å². The van der Waals surface area contributed by atoms with Gasteiger partial charge in [-0.3, -0.25) is 9.55 Å². The normalized spacial score (nSPS) is 12.6. The Kier molecular flexibility index (Phi) is 6.52. The highest BCUT2D eigenvalue weighted by Gasteiger charge is 2.24. The van der Waals surface area contributed by atoms with Crippen LogP contribution in [0.25, 0.3) is 84.5 Å². The van der Waals surface area contributed by atoms with Gasteiger partial charge in [0.1, 0.15) is 0 Å². The number of allylic oxidation sites excluding steroid dienone is 1. The molecule has 10 rings (SSSR count). The molecule has 4 heterocycles. The maximum Gasteiger partial charge on any atom is 0.238 e. The Balaban J connectivity index is 1.26. The van der Waals surface area contributed by atoms with Gasteiger partial charge in [0.05, 0.1) is 22.1 Å². The maximum atomic E-state index is 5.14. The van der Waals surface area contributed by atoms with Crippen molar-refractivity contribution in [2.45, 2.75) is 12.8 Å². The molecule has 0 fully saturated rings. The highest BCUT2D eigenvalue weighted by molar-refractivity contribution is 6.11. The van der Waals surface area contributed by atoms with E-state index in [1.165, 1.54) is 11.3 Å². The summed E-state index contributed by atoms with van der Waals surface area (Å²) in [6, 6.07) is 48.3. The molecular weight excluding hydrogens is 613 g/mol. The van der Waals surface area contributed by atoms with Gasteiger partial charge in [0.25, 0.3) is 0 Å². The van der Waals surface area contributed by atoms with Crippen molar-refractivity contribution in [3.05, 3.63) is 163 Å². The summed E-state index contributed by atoms with van der Waals surface area (Å²) in [5.41, 5.74) is 12.0. The number of aromatic nitrogens is 6. The summed E-state index contributed by atoms with van der Waals surface area (Å²) in [4.78, 5) is 20.2. The molecule has 50 heavy (non-hydrogen) atoms. The molecule has 6 heteroatoms. The molecule has 0 N–H and O–H groups in total. The number of hydrogen-bond acceptors (Lipinski definition) is 4. The quantitative estimate of drug-likeness (QED) is 0.187. The van der Waals surface area contributed by atoms with Gasteiger partial charge < -0.3 is 4.57 Å². The van der Waals surface area contributed by atoms with Gasteiger partial charge in [-0.15, -0.1) is 0 Å². The fraction of sp³-hybridized carbons (Fsp3) is 0.0455. The smallest absolute Gasteiger partial charge is 0.238 e. The van der Waals surface area contributed by atoms with Crippen LogP contribution < -0.4 is 0 Å². The second kappa shape index (κ2) is 11.5. The van der Waals surface area contributed by atoms with Crippen LogP contribution in [0.15, 0.2) is 152 Å². The number of para-hydroxylation sites is 2. The van der Waals surface area contributed by atoms with Crippen LogP contribution in [0.5, 0.6) is 0 Å². The zero-order valence-corrected chi connectivity index (χ0v) is 27.1. The topological polar surface area (TPSA) is 61.4 Å². The van der Waals surface area contributed by atoms with E-state index in [0.717, 1.165) is 73.6 Å². The summed E-state index contributed by atoms with van der Waals surface area (Å²) in [7, 11) is 0. The molecule has 0 saturated carbocycles. The van der Waals surface area contributed by atoms with E-state index in [1.54, 1.807) is 0 Å². The lowest BCUT2D eigenvalue weighted by molar-refractivity contribution is 0.889. The molecule has 0 bridgehead atoms. The van der Waals surface area contributed by atoms with Crippen LogP contribution >= 0.6 is 0 Å². The van der Waals surface area contributed by atoms with Crippen molar-refractivity contribution in [2.24, 2.45) is 0 Å². The molecule has 1 aliphatic carbocycles. The minimum absolute atomic E-state index is 0.578. The number of pyridine rings is 1. The Labute approximate surface area is 288 Å². The number of benzene rings is 5. The number of nitrogens with zero attached hydrogens (tertiary/aromatic N) is 6. The van der Waals surface area contributed by atoms with Gasteiger partial charge in [0, 0.05) is 50.6 Å². The Morgan fingerprint density at radius 3 is 1.94 bits per heavy atom. The van der Waals surface area contributed by atoms with Gasteiger partial charge in [0.15, 0.2) is 11.6 Å². The van der Waals surface area contributed by atoms with Crippen molar-refractivity contribution in [3.8, 4) is 45.5 Å². The zero-order valence-electron chi connectivity index (χ0n) is 27.1. The largest absolute Gasteiger partial charge is 0.311 e. The number of rotatable bonds is 5. The van der Waals surface area contributed by atoms with Crippen molar-refractivity contribution in [1.29, 1.82) is 0 Å². The lowest BCUT2D eigenvalue weighted by atomic mass is 10.0. The summed E-state index contributed by atoms with van der Waals surface area (Å²) in [5, 5.41) is 2.28. The average molecular weight is 643 g/mol. The molecule has 0 radical (unpaired) electrons. The fourth-order valence-corrected chi connectivity index (χ4v) is 7.46. The number of hydrogen-bond donors (Lipinski definition) is 0. The number of fused-ring (bicyclic) bond motifs is 6. The third-order valence-corrected chi connectivity index (χ3v) is 9.70. The first-order chi connectivity index (χ1) is 24.8. The standard InChI is InChI=1S/C44H30N6/c1-4-14-29(15-5-1)42-46-43(30-16-6-2-7-17-30)48-44(47-42)50-37-22-12-10-20-34(37)35-25-24-31(28-39(35)50)33-26-27-45-40-36-21-11-13-23-38(36)49(41(33)40)32-18-8-3-9-19-32/h1-12,14-22,24-28H,13,23H2. The zero-order chi connectivity index (χ0) is 33.0. The van der Waals surface area contributed by atoms with E-state index in [9.17, 15) is 0 Å². The van der Waals surface area contributed by atoms with Crippen molar-refractivity contribution in [2.75, 3.05) is 0 Å². The van der Waals surface area contributed by atoms with Gasteiger partial charge in [-0.2, -0.15) is 9.97 Å². The fourth-order valence-electron chi connectivity index (χ4n) is 7.46. The van der Waals surface area contributed by atoms with E-state index in [2.05, 4.69) is 100 Å². The monoisotopic (exact) mass is 642 g/mol. The molecule has 6 nitrogen and oxygen atoms in total. The lowest BCUT2D eigenvalue weighted by Gasteiger charge is -2.15. The summed E-state index contributed by atoms with van der Waals surface area (Å²) in [6.45, 7) is 0. The molecular formula is C44H30N6. The molecule has 236 valence electrons. The molecule has 0 unspecified atom stereocenters. The van der Waals surface area contributed by atoms with Gasteiger partial charge in [-0.1, -0.05) is 121 Å². The van der Waals surface area contributed by atoms with Crippen LogP contribution in [0.1, 0.15) is 17.7 Å². The predicted octanol–water partition coefficient (Wildman–Crippen LogP) is 10.3. The highest BCUT2D eigenvalue weighted by Crippen LogP contribution is 2.40. The summed E-state index contributed by atoms with van der Waals surface area (Å²) >= 11 is 0. The van der Waals surface area contributed by atoms with Gasteiger partial charge >= 0.3 is 0 Å². The van der Waals surface area contributed by atoms with E-state index >= 15 is 0 Å². The third kappa shape index (κ3) is 4.49. The van der Waals surface area contributed by atoms with E-state index in [4.69, 9.17) is 19.9 Å². The van der Waals surface area contributed by atoms with E-state index in [1.807, 2.05) is 66.9 Å². The average Bonchev–Trinajstić information content (AvgIpc) is 3.71. The van der Waals surface area contributed by atoms with Crippen LogP contribution in [-0.4, -0.2) is 29.1 Å². The first-order valence-electron chi connectivity index (χ1n) is 17.0. The molecule has 1 aliphatic rings. The maximum absolute atomic E-state index is 5.14.